The third-order valence-electron chi connectivity index (χ3n) is 2.69. The molecule has 0 amide bonds. The largest absolute Gasteiger partial charge is 0.390 e. The Bertz CT molecular complexity index is 492. The molecule has 5 nitrogen and oxygen atoms in total. The molecule has 9 heteroatoms. The fourth-order valence-corrected chi connectivity index (χ4v) is 1.63. The van der Waals surface area contributed by atoms with Crippen LogP contribution in [0.15, 0.2) is 23.2 Å². The predicted octanol–water partition coefficient (Wildman–Crippen LogP) is 2.77. The smallest absolute Gasteiger partial charge is 0.363 e. The summed E-state index contributed by atoms with van der Waals surface area (Å²) in [5.41, 5.74) is 0.749. The Kier molecular flexibility index (Phi) is 9.93. The lowest BCUT2D eigenvalue weighted by molar-refractivity contribution is -0.132. The van der Waals surface area contributed by atoms with E-state index in [-0.39, 0.29) is 30.5 Å². The summed E-state index contributed by atoms with van der Waals surface area (Å²) < 4.78 is 36.4. The summed E-state index contributed by atoms with van der Waals surface area (Å²) in [6, 6.07) is 5.58. The number of aliphatic imine (C=N–C) groups is 1. The first-order chi connectivity index (χ1) is 10.3. The molecule has 0 saturated heterocycles. The Balaban J connectivity index is 0.00000484. The van der Waals surface area contributed by atoms with Crippen LogP contribution in [0.25, 0.3) is 0 Å². The van der Waals surface area contributed by atoms with Crippen LogP contribution in [0, 0.1) is 0 Å². The van der Waals surface area contributed by atoms with Gasteiger partial charge in [-0.15, -0.1) is 24.0 Å². The Morgan fingerprint density at radius 2 is 1.96 bits per heavy atom. The molecule has 0 fully saturated rings. The van der Waals surface area contributed by atoms with E-state index in [4.69, 9.17) is 0 Å². The highest BCUT2D eigenvalue weighted by molar-refractivity contribution is 14.0. The summed E-state index contributed by atoms with van der Waals surface area (Å²) in [4.78, 5) is 10.5. The predicted molar refractivity (Wildman–Crippen MR) is 97.5 cm³/mol. The van der Waals surface area contributed by atoms with Gasteiger partial charge in [0.05, 0.1) is 18.7 Å². The van der Waals surface area contributed by atoms with E-state index >= 15 is 0 Å². The van der Waals surface area contributed by atoms with Gasteiger partial charge in [-0.3, -0.25) is 0 Å². The number of guanidine groups is 1. The molecule has 0 aliphatic carbocycles. The molecule has 0 aliphatic heterocycles. The van der Waals surface area contributed by atoms with Crippen molar-refractivity contribution in [2.24, 2.45) is 4.99 Å². The number of pyridine rings is 1. The molecular formula is C14H23F3IN5. The number of hydrogen-bond donors (Lipinski definition) is 2. The second-order valence-electron chi connectivity index (χ2n) is 4.87. The van der Waals surface area contributed by atoms with Crippen LogP contribution in [0.4, 0.5) is 19.0 Å². The van der Waals surface area contributed by atoms with Crippen LogP contribution in [0.1, 0.15) is 19.0 Å². The lowest BCUT2D eigenvalue weighted by Gasteiger charge is -2.13. The van der Waals surface area contributed by atoms with E-state index in [0.29, 0.717) is 19.0 Å². The number of halogens is 4. The molecule has 23 heavy (non-hydrogen) atoms. The lowest BCUT2D eigenvalue weighted by atomic mass is 10.3. The zero-order chi connectivity index (χ0) is 16.6. The van der Waals surface area contributed by atoms with Crippen molar-refractivity contribution in [1.29, 1.82) is 0 Å². The Morgan fingerprint density at radius 1 is 1.26 bits per heavy atom. The monoisotopic (exact) mass is 445 g/mol. The van der Waals surface area contributed by atoms with Crippen molar-refractivity contribution < 1.29 is 13.2 Å². The van der Waals surface area contributed by atoms with Gasteiger partial charge in [0.1, 0.15) is 5.82 Å². The third kappa shape index (κ3) is 9.47. The first-order valence-corrected chi connectivity index (χ1v) is 7.04. The van der Waals surface area contributed by atoms with Gasteiger partial charge in [0.2, 0.25) is 0 Å². The molecule has 0 saturated carbocycles. The first kappa shape index (κ1) is 21.7. The summed E-state index contributed by atoms with van der Waals surface area (Å²) in [5, 5.41) is 5.58. The summed E-state index contributed by atoms with van der Waals surface area (Å²) in [5.74, 6) is 1.16. The first-order valence-electron chi connectivity index (χ1n) is 7.04. The molecule has 1 rings (SSSR count). The highest BCUT2D eigenvalue weighted by Gasteiger charge is 2.26. The molecule has 1 aromatic rings. The number of nitrogens with zero attached hydrogens (tertiary/aromatic N) is 3. The van der Waals surface area contributed by atoms with E-state index in [1.165, 1.54) is 0 Å². The topological polar surface area (TPSA) is 52.6 Å². The van der Waals surface area contributed by atoms with Gasteiger partial charge in [0, 0.05) is 27.2 Å². The van der Waals surface area contributed by atoms with Crippen LogP contribution in [-0.2, 0) is 6.54 Å². The van der Waals surface area contributed by atoms with E-state index in [1.807, 2.05) is 44.1 Å². The van der Waals surface area contributed by atoms with Crippen LogP contribution in [0.2, 0.25) is 0 Å². The van der Waals surface area contributed by atoms with Gasteiger partial charge in [0.25, 0.3) is 0 Å². The van der Waals surface area contributed by atoms with Gasteiger partial charge in [-0.2, -0.15) is 13.2 Å². The molecule has 0 radical (unpaired) electrons. The molecule has 1 aromatic heterocycles. The Morgan fingerprint density at radius 3 is 2.52 bits per heavy atom. The average molecular weight is 445 g/mol. The number of alkyl halides is 3. The molecule has 0 aromatic carbocycles. The minimum absolute atomic E-state index is 0. The van der Waals surface area contributed by atoms with E-state index < -0.39 is 12.6 Å². The maximum atomic E-state index is 12.1. The quantitative estimate of drug-likeness (QED) is 0.402. The normalized spacial score (nSPS) is 11.7. The van der Waals surface area contributed by atoms with Gasteiger partial charge in [-0.05, 0) is 19.1 Å². The van der Waals surface area contributed by atoms with Crippen LogP contribution in [0.5, 0.6) is 0 Å². The van der Waals surface area contributed by atoms with Gasteiger partial charge >= 0.3 is 6.18 Å². The van der Waals surface area contributed by atoms with Gasteiger partial charge < -0.3 is 15.5 Å². The van der Waals surface area contributed by atoms with Crippen LogP contribution in [0.3, 0.4) is 0 Å². The van der Waals surface area contributed by atoms with Crippen molar-refractivity contribution in [3.63, 3.8) is 0 Å². The summed E-state index contributed by atoms with van der Waals surface area (Å²) >= 11 is 0. The maximum absolute atomic E-state index is 12.1. The fraction of sp³-hybridized carbons (Fsp3) is 0.571. The van der Waals surface area contributed by atoms with Gasteiger partial charge in [-0.25, -0.2) is 9.98 Å². The molecule has 0 atom stereocenters. The van der Waals surface area contributed by atoms with E-state index in [1.54, 1.807) is 0 Å². The number of rotatable bonds is 6. The minimum atomic E-state index is -4.17. The van der Waals surface area contributed by atoms with E-state index in [2.05, 4.69) is 20.6 Å². The van der Waals surface area contributed by atoms with Crippen molar-refractivity contribution in [2.45, 2.75) is 26.1 Å². The lowest BCUT2D eigenvalue weighted by Crippen LogP contribution is -2.38. The van der Waals surface area contributed by atoms with Crippen LogP contribution in [-0.4, -0.2) is 44.3 Å². The van der Waals surface area contributed by atoms with Crippen molar-refractivity contribution in [3.05, 3.63) is 23.9 Å². The van der Waals surface area contributed by atoms with Crippen LogP contribution < -0.4 is 15.5 Å². The number of hydrogen-bond acceptors (Lipinski definition) is 3. The van der Waals surface area contributed by atoms with Crippen molar-refractivity contribution in [2.75, 3.05) is 32.1 Å². The van der Waals surface area contributed by atoms with Crippen molar-refractivity contribution in [3.8, 4) is 0 Å². The molecule has 0 spiro atoms. The summed E-state index contributed by atoms with van der Waals surface area (Å²) in [7, 11) is 3.77. The van der Waals surface area contributed by atoms with Crippen molar-refractivity contribution >= 4 is 35.8 Å². The van der Waals surface area contributed by atoms with Crippen molar-refractivity contribution in [1.82, 2.24) is 15.6 Å². The zero-order valence-corrected chi connectivity index (χ0v) is 15.8. The fourth-order valence-electron chi connectivity index (χ4n) is 1.63. The third-order valence-corrected chi connectivity index (χ3v) is 2.69. The SMILES string of the molecule is CCNC(=NCc1cccc(N(C)C)n1)NCCC(F)(F)F.I. The van der Waals surface area contributed by atoms with Crippen LogP contribution >= 0.6 is 24.0 Å². The minimum Gasteiger partial charge on any atom is -0.363 e. The maximum Gasteiger partial charge on any atom is 0.390 e. The van der Waals surface area contributed by atoms with Gasteiger partial charge in [0.15, 0.2) is 5.96 Å². The van der Waals surface area contributed by atoms with Gasteiger partial charge in [-0.1, -0.05) is 6.07 Å². The Labute approximate surface area is 151 Å². The second-order valence-corrected chi connectivity index (χ2v) is 4.87. The molecule has 0 aliphatic rings. The standard InChI is InChI=1S/C14H22F3N5.HI/c1-4-18-13(19-9-8-14(15,16)17)20-10-11-6-5-7-12(21-11)22(2)3;/h5-7H,4,8-10H2,1-3H3,(H2,18,19,20);1H. The van der Waals surface area contributed by atoms with E-state index in [9.17, 15) is 13.2 Å². The summed E-state index contributed by atoms with van der Waals surface area (Å²) in [6.07, 6.45) is -5.07. The molecule has 132 valence electrons. The number of aromatic nitrogens is 1. The molecule has 1 heterocycles. The van der Waals surface area contributed by atoms with E-state index in [0.717, 1.165) is 11.5 Å². The number of anilines is 1. The molecule has 2 N–H and O–H groups in total. The molecule has 0 bridgehead atoms. The highest BCUT2D eigenvalue weighted by Crippen LogP contribution is 2.18. The molecule has 0 unspecified atom stereocenters. The highest BCUT2D eigenvalue weighted by atomic mass is 127. The zero-order valence-electron chi connectivity index (χ0n) is 13.4. The Hall–Kier alpha value is -1.26. The number of nitrogens with one attached hydrogen (secondary N) is 2. The second kappa shape index (κ2) is 10.5. The molecular weight excluding hydrogens is 422 g/mol. The summed E-state index contributed by atoms with van der Waals surface area (Å²) in [6.45, 7) is 2.51. The average Bonchev–Trinajstić information content (AvgIpc) is 2.43.